The van der Waals surface area contributed by atoms with Crippen LogP contribution in [0.1, 0.15) is 32.1 Å². The lowest BCUT2D eigenvalue weighted by atomic mass is 9.70. The fourth-order valence-electron chi connectivity index (χ4n) is 3.31. The van der Waals surface area contributed by atoms with Gasteiger partial charge in [0.2, 0.25) is 0 Å². The van der Waals surface area contributed by atoms with Crippen LogP contribution in [-0.2, 0) is 4.79 Å². The van der Waals surface area contributed by atoms with E-state index in [-0.39, 0.29) is 0 Å². The van der Waals surface area contributed by atoms with Crippen molar-refractivity contribution in [3.8, 4) is 0 Å². The molecule has 1 N–H and O–H groups in total. The second-order valence-electron chi connectivity index (χ2n) is 5.07. The zero-order valence-electron chi connectivity index (χ0n) is 9.71. The van der Waals surface area contributed by atoms with Gasteiger partial charge in [0.1, 0.15) is 0 Å². The molecule has 2 aliphatic carbocycles. The molecule has 3 heteroatoms. The van der Waals surface area contributed by atoms with Crippen molar-refractivity contribution in [3.05, 3.63) is 0 Å². The number of hydrogen-bond donors (Lipinski definition) is 1. The monoisotopic (exact) mass is 227 g/mol. The summed E-state index contributed by atoms with van der Waals surface area (Å²) in [5, 5.41) is 3.69. The van der Waals surface area contributed by atoms with Gasteiger partial charge in [0.15, 0.2) is 5.12 Å². The molecule has 0 aromatic rings. The first-order valence-electron chi connectivity index (χ1n) is 5.96. The Kier molecular flexibility index (Phi) is 3.41. The van der Waals surface area contributed by atoms with E-state index in [4.69, 9.17) is 0 Å². The van der Waals surface area contributed by atoms with Crippen LogP contribution >= 0.6 is 11.8 Å². The zero-order chi connectivity index (χ0) is 10.9. The molecule has 0 amide bonds. The largest absolute Gasteiger partial charge is 0.319 e. The van der Waals surface area contributed by atoms with Crippen molar-refractivity contribution >= 4 is 16.9 Å². The summed E-state index contributed by atoms with van der Waals surface area (Å²) in [6, 6.07) is 0. The topological polar surface area (TPSA) is 29.1 Å². The Bertz CT molecular complexity index is 248. The number of carbonyl (C=O) groups is 1. The quantitative estimate of drug-likeness (QED) is 0.802. The maximum Gasteiger partial charge on any atom is 0.192 e. The number of nitrogens with one attached hydrogen (secondary N) is 1. The van der Waals surface area contributed by atoms with Gasteiger partial charge in [0.05, 0.1) is 0 Å². The van der Waals surface area contributed by atoms with Crippen LogP contribution in [0.2, 0.25) is 0 Å². The summed E-state index contributed by atoms with van der Waals surface area (Å²) < 4.78 is 0. The Hall–Kier alpha value is -0.0200. The molecule has 2 aliphatic rings. The number of hydrogen-bond acceptors (Lipinski definition) is 3. The van der Waals surface area contributed by atoms with Crippen LogP contribution in [0.3, 0.4) is 0 Å². The Morgan fingerprint density at radius 1 is 1.47 bits per heavy atom. The van der Waals surface area contributed by atoms with Crippen molar-refractivity contribution in [2.24, 2.45) is 17.3 Å². The molecule has 2 atom stereocenters. The number of thioether (sulfide) groups is 1. The fraction of sp³-hybridized carbons (Fsp3) is 0.917. The highest BCUT2D eigenvalue weighted by atomic mass is 32.2. The van der Waals surface area contributed by atoms with E-state index in [9.17, 15) is 4.79 Å². The van der Waals surface area contributed by atoms with E-state index in [0.717, 1.165) is 6.54 Å². The summed E-state index contributed by atoms with van der Waals surface area (Å²) in [4.78, 5) is 12.0. The fourth-order valence-corrected chi connectivity index (χ4v) is 4.01. The van der Waals surface area contributed by atoms with Crippen LogP contribution in [0.5, 0.6) is 0 Å². The van der Waals surface area contributed by atoms with Gasteiger partial charge >= 0.3 is 0 Å². The summed E-state index contributed by atoms with van der Waals surface area (Å²) in [5.41, 5.74) is 0.430. The molecule has 2 rings (SSSR count). The van der Waals surface area contributed by atoms with Crippen LogP contribution in [0.25, 0.3) is 0 Å². The summed E-state index contributed by atoms with van der Waals surface area (Å²) in [6.07, 6.45) is 8.38. The molecule has 0 bridgehead atoms. The highest BCUT2D eigenvalue weighted by Gasteiger charge is 2.55. The summed E-state index contributed by atoms with van der Waals surface area (Å²) >= 11 is 1.44. The van der Waals surface area contributed by atoms with E-state index in [2.05, 4.69) is 5.32 Å². The third-order valence-corrected chi connectivity index (χ3v) is 4.85. The van der Waals surface area contributed by atoms with Crippen molar-refractivity contribution in [2.45, 2.75) is 32.1 Å². The van der Waals surface area contributed by atoms with E-state index < -0.39 is 0 Å². The van der Waals surface area contributed by atoms with Gasteiger partial charge in [0, 0.05) is 5.92 Å². The molecule has 2 unspecified atom stereocenters. The minimum absolute atomic E-state index is 0.341. The molecule has 2 fully saturated rings. The lowest BCUT2D eigenvalue weighted by molar-refractivity contribution is -0.119. The smallest absolute Gasteiger partial charge is 0.192 e. The maximum atomic E-state index is 12.0. The van der Waals surface area contributed by atoms with E-state index >= 15 is 0 Å². The van der Waals surface area contributed by atoms with Crippen LogP contribution in [-0.4, -0.2) is 25.0 Å². The van der Waals surface area contributed by atoms with E-state index in [1.165, 1.54) is 43.9 Å². The number of carbonyl (C=O) groups excluding carboxylic acids is 1. The molecule has 15 heavy (non-hydrogen) atoms. The minimum atomic E-state index is 0.341. The normalized spacial score (nSPS) is 32.9. The average molecular weight is 227 g/mol. The van der Waals surface area contributed by atoms with Crippen LogP contribution in [0.15, 0.2) is 0 Å². The van der Waals surface area contributed by atoms with E-state index in [0.29, 0.717) is 22.4 Å². The van der Waals surface area contributed by atoms with Gasteiger partial charge in [0.25, 0.3) is 0 Å². The molecule has 0 radical (unpaired) electrons. The lowest BCUT2D eigenvalue weighted by Crippen LogP contribution is -2.39. The van der Waals surface area contributed by atoms with Gasteiger partial charge in [-0.3, -0.25) is 4.79 Å². The second-order valence-corrected chi connectivity index (χ2v) is 5.88. The first-order valence-corrected chi connectivity index (χ1v) is 7.18. The van der Waals surface area contributed by atoms with Gasteiger partial charge in [-0.25, -0.2) is 0 Å². The summed E-state index contributed by atoms with van der Waals surface area (Å²) in [7, 11) is 1.99. The predicted octanol–water partition coefficient (Wildman–Crippen LogP) is 2.29. The van der Waals surface area contributed by atoms with E-state index in [1.54, 1.807) is 0 Å². The standard InChI is InChI=1S/C12H21NOS/c1-13-8-9-4-3-5-12(6-7-12)10(9)11(14)15-2/h9-10,13H,3-8H2,1-2H3. The van der Waals surface area contributed by atoms with Gasteiger partial charge < -0.3 is 5.32 Å². The first-order chi connectivity index (χ1) is 7.23. The van der Waals surface area contributed by atoms with Gasteiger partial charge in [-0.1, -0.05) is 18.2 Å². The molecule has 0 heterocycles. The van der Waals surface area contributed by atoms with Crippen molar-refractivity contribution in [2.75, 3.05) is 19.8 Å². The van der Waals surface area contributed by atoms with Crippen LogP contribution < -0.4 is 5.32 Å². The molecule has 0 aromatic heterocycles. The van der Waals surface area contributed by atoms with Crippen molar-refractivity contribution in [1.82, 2.24) is 5.32 Å². The van der Waals surface area contributed by atoms with Crippen LogP contribution in [0.4, 0.5) is 0 Å². The first kappa shape index (κ1) is 11.5. The molecular weight excluding hydrogens is 206 g/mol. The molecule has 86 valence electrons. The number of rotatable bonds is 3. The minimum Gasteiger partial charge on any atom is -0.319 e. The third-order valence-electron chi connectivity index (χ3n) is 4.19. The highest BCUT2D eigenvalue weighted by Crippen LogP contribution is 2.61. The third kappa shape index (κ3) is 2.09. The maximum absolute atomic E-state index is 12.0. The Morgan fingerprint density at radius 3 is 2.73 bits per heavy atom. The van der Waals surface area contributed by atoms with Crippen molar-refractivity contribution < 1.29 is 4.79 Å². The second kappa shape index (κ2) is 4.46. The van der Waals surface area contributed by atoms with Gasteiger partial charge in [-0.2, -0.15) is 0 Å². The van der Waals surface area contributed by atoms with Crippen molar-refractivity contribution in [3.63, 3.8) is 0 Å². The summed E-state index contributed by atoms with van der Waals surface area (Å²) in [6.45, 7) is 1.01. The summed E-state index contributed by atoms with van der Waals surface area (Å²) in [5.74, 6) is 0.930. The molecule has 1 spiro atoms. The van der Waals surface area contributed by atoms with Gasteiger partial charge in [-0.05, 0) is 56.9 Å². The predicted molar refractivity (Wildman–Crippen MR) is 64.9 cm³/mol. The molecule has 2 saturated carbocycles. The van der Waals surface area contributed by atoms with Gasteiger partial charge in [-0.15, -0.1) is 0 Å². The lowest BCUT2D eigenvalue weighted by Gasteiger charge is -2.37. The Balaban J connectivity index is 2.12. The molecule has 0 aliphatic heterocycles. The average Bonchev–Trinajstić information content (AvgIpc) is 2.98. The molecular formula is C12H21NOS. The highest BCUT2D eigenvalue weighted by molar-refractivity contribution is 8.13. The van der Waals surface area contributed by atoms with Crippen LogP contribution in [0, 0.1) is 17.3 Å². The SMILES string of the molecule is CNCC1CCCC2(CC2)C1C(=O)SC. The molecule has 2 nitrogen and oxygen atoms in total. The van der Waals surface area contributed by atoms with E-state index in [1.807, 2.05) is 13.3 Å². The Labute approximate surface area is 96.6 Å². The van der Waals surface area contributed by atoms with Crippen molar-refractivity contribution in [1.29, 1.82) is 0 Å². The molecule has 0 aromatic carbocycles. The Morgan fingerprint density at radius 2 is 2.20 bits per heavy atom. The molecule has 0 saturated heterocycles. The zero-order valence-corrected chi connectivity index (χ0v) is 10.5.